The van der Waals surface area contributed by atoms with E-state index >= 15 is 0 Å². The molecule has 1 aromatic heterocycles. The second-order valence-corrected chi connectivity index (χ2v) is 3.95. The zero-order chi connectivity index (χ0) is 9.10. The Morgan fingerprint density at radius 3 is 2.92 bits per heavy atom. The standard InChI is InChI=1S/C10H14N2S/c13-7-5-10-11-6-4-9(12-10)8-2-1-3-8/h4,6,8,13H,1-3,5,7H2. The minimum Gasteiger partial charge on any atom is -0.241 e. The van der Waals surface area contributed by atoms with Gasteiger partial charge in [-0.15, -0.1) is 0 Å². The molecule has 0 aromatic carbocycles. The molecule has 1 fully saturated rings. The van der Waals surface area contributed by atoms with Crippen LogP contribution in [0.15, 0.2) is 12.3 Å². The molecule has 1 aromatic rings. The Bertz CT molecular complexity index is 284. The molecule has 0 atom stereocenters. The maximum atomic E-state index is 4.52. The molecular formula is C10H14N2S. The summed E-state index contributed by atoms with van der Waals surface area (Å²) >= 11 is 4.17. The van der Waals surface area contributed by atoms with Crippen molar-refractivity contribution >= 4 is 12.6 Å². The smallest absolute Gasteiger partial charge is 0.129 e. The van der Waals surface area contributed by atoms with E-state index in [4.69, 9.17) is 0 Å². The highest BCUT2D eigenvalue weighted by molar-refractivity contribution is 7.80. The van der Waals surface area contributed by atoms with Crippen LogP contribution in [-0.2, 0) is 6.42 Å². The summed E-state index contributed by atoms with van der Waals surface area (Å²) < 4.78 is 0. The molecule has 0 N–H and O–H groups in total. The molecule has 70 valence electrons. The van der Waals surface area contributed by atoms with E-state index in [9.17, 15) is 0 Å². The van der Waals surface area contributed by atoms with Crippen molar-refractivity contribution in [3.63, 3.8) is 0 Å². The van der Waals surface area contributed by atoms with Gasteiger partial charge in [-0.25, -0.2) is 9.97 Å². The molecule has 2 rings (SSSR count). The van der Waals surface area contributed by atoms with Gasteiger partial charge in [-0.1, -0.05) is 6.42 Å². The van der Waals surface area contributed by atoms with Crippen molar-refractivity contribution in [1.82, 2.24) is 9.97 Å². The van der Waals surface area contributed by atoms with E-state index in [0.29, 0.717) is 5.92 Å². The van der Waals surface area contributed by atoms with Crippen molar-refractivity contribution in [3.8, 4) is 0 Å². The van der Waals surface area contributed by atoms with Crippen LogP contribution >= 0.6 is 12.6 Å². The van der Waals surface area contributed by atoms with Gasteiger partial charge in [0.2, 0.25) is 0 Å². The Balaban J connectivity index is 2.11. The molecular weight excluding hydrogens is 180 g/mol. The Morgan fingerprint density at radius 1 is 1.46 bits per heavy atom. The molecule has 13 heavy (non-hydrogen) atoms. The van der Waals surface area contributed by atoms with Crippen LogP contribution in [0, 0.1) is 0 Å². The second-order valence-electron chi connectivity index (χ2n) is 3.50. The largest absolute Gasteiger partial charge is 0.241 e. The second kappa shape index (κ2) is 4.09. The summed E-state index contributed by atoms with van der Waals surface area (Å²) in [5.74, 6) is 2.48. The summed E-state index contributed by atoms with van der Waals surface area (Å²) in [6, 6.07) is 2.05. The SMILES string of the molecule is SCCc1nccc(C2CCC2)n1. The first-order chi connectivity index (χ1) is 6.40. The fourth-order valence-electron chi connectivity index (χ4n) is 1.57. The highest BCUT2D eigenvalue weighted by Gasteiger charge is 2.20. The molecule has 1 aliphatic rings. The van der Waals surface area contributed by atoms with Gasteiger partial charge in [0.25, 0.3) is 0 Å². The third-order valence-corrected chi connectivity index (χ3v) is 2.81. The average Bonchev–Trinajstić information content (AvgIpc) is 2.02. The predicted octanol–water partition coefficient (Wildman–Crippen LogP) is 2.22. The van der Waals surface area contributed by atoms with Crippen LogP contribution in [0.2, 0.25) is 0 Å². The molecule has 0 amide bonds. The van der Waals surface area contributed by atoms with Crippen molar-refractivity contribution in [2.24, 2.45) is 0 Å². The fraction of sp³-hybridized carbons (Fsp3) is 0.600. The molecule has 1 aliphatic carbocycles. The Morgan fingerprint density at radius 2 is 2.31 bits per heavy atom. The third kappa shape index (κ3) is 2.02. The number of aryl methyl sites for hydroxylation is 1. The van der Waals surface area contributed by atoms with Gasteiger partial charge in [-0.2, -0.15) is 12.6 Å². The number of thiol groups is 1. The quantitative estimate of drug-likeness (QED) is 0.747. The molecule has 0 spiro atoms. The van der Waals surface area contributed by atoms with E-state index in [0.717, 1.165) is 18.0 Å². The van der Waals surface area contributed by atoms with Gasteiger partial charge >= 0.3 is 0 Å². The Hall–Kier alpha value is -0.570. The van der Waals surface area contributed by atoms with Gasteiger partial charge in [-0.05, 0) is 24.7 Å². The van der Waals surface area contributed by atoms with Crippen molar-refractivity contribution in [2.75, 3.05) is 5.75 Å². The Kier molecular flexibility index (Phi) is 2.83. The minimum absolute atomic E-state index is 0.710. The Labute approximate surface area is 84.2 Å². The highest BCUT2D eigenvalue weighted by Crippen LogP contribution is 2.34. The van der Waals surface area contributed by atoms with E-state index in [1.807, 2.05) is 12.3 Å². The maximum Gasteiger partial charge on any atom is 0.129 e. The summed E-state index contributed by atoms with van der Waals surface area (Å²) in [6.07, 6.45) is 6.72. The van der Waals surface area contributed by atoms with Gasteiger partial charge < -0.3 is 0 Å². The zero-order valence-corrected chi connectivity index (χ0v) is 8.50. The minimum atomic E-state index is 0.710. The molecule has 0 aliphatic heterocycles. The molecule has 0 unspecified atom stereocenters. The van der Waals surface area contributed by atoms with Gasteiger partial charge in [0.05, 0.1) is 0 Å². The summed E-state index contributed by atoms with van der Waals surface area (Å²) in [5.41, 5.74) is 1.23. The lowest BCUT2D eigenvalue weighted by Gasteiger charge is -2.24. The number of aromatic nitrogens is 2. The van der Waals surface area contributed by atoms with E-state index < -0.39 is 0 Å². The molecule has 2 nitrogen and oxygen atoms in total. The third-order valence-electron chi connectivity index (χ3n) is 2.59. The summed E-state index contributed by atoms with van der Waals surface area (Å²) in [4.78, 5) is 8.73. The topological polar surface area (TPSA) is 25.8 Å². The van der Waals surface area contributed by atoms with Crippen molar-refractivity contribution in [3.05, 3.63) is 23.8 Å². The van der Waals surface area contributed by atoms with Crippen molar-refractivity contribution in [2.45, 2.75) is 31.6 Å². The summed E-state index contributed by atoms with van der Waals surface area (Å²) in [6.45, 7) is 0. The van der Waals surface area contributed by atoms with Crippen LogP contribution < -0.4 is 0 Å². The maximum absolute atomic E-state index is 4.52. The number of nitrogens with zero attached hydrogens (tertiary/aromatic N) is 2. The van der Waals surface area contributed by atoms with E-state index in [-0.39, 0.29) is 0 Å². The van der Waals surface area contributed by atoms with E-state index in [2.05, 4.69) is 22.6 Å². The normalized spacial score (nSPS) is 17.0. The van der Waals surface area contributed by atoms with Crippen LogP contribution in [0.4, 0.5) is 0 Å². The molecule has 1 heterocycles. The molecule has 0 bridgehead atoms. The van der Waals surface area contributed by atoms with Gasteiger partial charge in [0.15, 0.2) is 0 Å². The first-order valence-corrected chi connectivity index (χ1v) is 5.46. The number of hydrogen-bond donors (Lipinski definition) is 1. The summed E-state index contributed by atoms with van der Waals surface area (Å²) in [5, 5.41) is 0. The first kappa shape index (κ1) is 9.00. The fourth-order valence-corrected chi connectivity index (χ4v) is 1.77. The monoisotopic (exact) mass is 194 g/mol. The summed E-state index contributed by atoms with van der Waals surface area (Å²) in [7, 11) is 0. The molecule has 1 saturated carbocycles. The lowest BCUT2D eigenvalue weighted by atomic mass is 9.83. The van der Waals surface area contributed by atoms with Crippen molar-refractivity contribution in [1.29, 1.82) is 0 Å². The van der Waals surface area contributed by atoms with Crippen LogP contribution in [0.3, 0.4) is 0 Å². The lowest BCUT2D eigenvalue weighted by molar-refractivity contribution is 0.409. The van der Waals surface area contributed by atoms with E-state index in [1.54, 1.807) is 0 Å². The van der Waals surface area contributed by atoms with Crippen LogP contribution in [0.1, 0.15) is 36.7 Å². The van der Waals surface area contributed by atoms with Gasteiger partial charge in [0.1, 0.15) is 5.82 Å². The highest BCUT2D eigenvalue weighted by atomic mass is 32.1. The van der Waals surface area contributed by atoms with Crippen LogP contribution in [0.5, 0.6) is 0 Å². The number of hydrogen-bond acceptors (Lipinski definition) is 3. The molecule has 0 saturated heterocycles. The van der Waals surface area contributed by atoms with E-state index in [1.165, 1.54) is 25.0 Å². The van der Waals surface area contributed by atoms with Crippen molar-refractivity contribution < 1.29 is 0 Å². The first-order valence-electron chi connectivity index (χ1n) is 4.83. The number of rotatable bonds is 3. The van der Waals surface area contributed by atoms with Gasteiger partial charge in [0, 0.05) is 24.2 Å². The van der Waals surface area contributed by atoms with Gasteiger partial charge in [-0.3, -0.25) is 0 Å². The zero-order valence-electron chi connectivity index (χ0n) is 7.61. The lowest BCUT2D eigenvalue weighted by Crippen LogP contribution is -2.12. The predicted molar refractivity (Wildman–Crippen MR) is 56.2 cm³/mol. The van der Waals surface area contributed by atoms with Crippen LogP contribution in [-0.4, -0.2) is 15.7 Å². The van der Waals surface area contributed by atoms with Crippen LogP contribution in [0.25, 0.3) is 0 Å². The average molecular weight is 194 g/mol. The molecule has 3 heteroatoms. The molecule has 0 radical (unpaired) electrons.